The van der Waals surface area contributed by atoms with Crippen LogP contribution >= 0.6 is 11.3 Å². The van der Waals surface area contributed by atoms with Gasteiger partial charge in [-0.25, -0.2) is 9.78 Å². The standard InChI is InChI=1S/C14H20N2O4S/c1-8-9(7-14(5-6-14)10(17)18)21-11(15-8)16-12(19)20-13(2,3)4/h5-7H2,1-4H3,(H,17,18)(H,15,16,19). The number of hydrogen-bond acceptors (Lipinski definition) is 5. The van der Waals surface area contributed by atoms with Gasteiger partial charge in [0.1, 0.15) is 5.60 Å². The predicted molar refractivity (Wildman–Crippen MR) is 79.7 cm³/mol. The van der Waals surface area contributed by atoms with Crippen LogP contribution in [0.5, 0.6) is 0 Å². The summed E-state index contributed by atoms with van der Waals surface area (Å²) in [6.45, 7) is 7.18. The van der Waals surface area contributed by atoms with E-state index >= 15 is 0 Å². The smallest absolute Gasteiger partial charge is 0.413 e. The first-order valence-corrected chi connectivity index (χ1v) is 7.63. The molecule has 1 aromatic heterocycles. The number of rotatable bonds is 4. The van der Waals surface area contributed by atoms with Crippen LogP contribution in [-0.2, 0) is 16.0 Å². The number of nitrogens with zero attached hydrogens (tertiary/aromatic N) is 1. The molecule has 0 bridgehead atoms. The Balaban J connectivity index is 2.03. The molecule has 1 saturated carbocycles. The Labute approximate surface area is 127 Å². The number of anilines is 1. The molecule has 2 N–H and O–H groups in total. The van der Waals surface area contributed by atoms with Gasteiger partial charge < -0.3 is 9.84 Å². The summed E-state index contributed by atoms with van der Waals surface area (Å²) in [5, 5.41) is 12.3. The lowest BCUT2D eigenvalue weighted by Gasteiger charge is -2.18. The first-order valence-electron chi connectivity index (χ1n) is 6.81. The maximum absolute atomic E-state index is 11.7. The van der Waals surface area contributed by atoms with Crippen LogP contribution in [0.1, 0.15) is 44.2 Å². The zero-order valence-electron chi connectivity index (χ0n) is 12.6. The van der Waals surface area contributed by atoms with Crippen molar-refractivity contribution in [3.8, 4) is 0 Å². The fourth-order valence-corrected chi connectivity index (χ4v) is 3.05. The molecule has 0 unspecified atom stereocenters. The van der Waals surface area contributed by atoms with E-state index in [0.29, 0.717) is 24.4 Å². The van der Waals surface area contributed by atoms with Crippen LogP contribution in [-0.4, -0.2) is 27.8 Å². The number of carbonyl (C=O) groups excluding carboxylic acids is 1. The SMILES string of the molecule is Cc1nc(NC(=O)OC(C)(C)C)sc1CC1(C(=O)O)CC1. The van der Waals surface area contributed by atoms with Gasteiger partial charge in [0.2, 0.25) is 0 Å². The van der Waals surface area contributed by atoms with E-state index in [-0.39, 0.29) is 0 Å². The highest BCUT2D eigenvalue weighted by Gasteiger charge is 2.50. The third kappa shape index (κ3) is 3.93. The molecule has 0 saturated heterocycles. The van der Waals surface area contributed by atoms with E-state index in [4.69, 9.17) is 4.74 Å². The number of aryl methyl sites for hydroxylation is 1. The summed E-state index contributed by atoms with van der Waals surface area (Å²) >= 11 is 1.31. The number of amides is 1. The Morgan fingerprint density at radius 1 is 1.43 bits per heavy atom. The number of aromatic nitrogens is 1. The van der Waals surface area contributed by atoms with E-state index in [1.54, 1.807) is 20.8 Å². The van der Waals surface area contributed by atoms with E-state index in [2.05, 4.69) is 10.3 Å². The molecule has 0 spiro atoms. The molecule has 2 rings (SSSR count). The number of ether oxygens (including phenoxy) is 1. The lowest BCUT2D eigenvalue weighted by Crippen LogP contribution is -2.27. The van der Waals surface area contributed by atoms with Gasteiger partial charge in [-0.05, 0) is 47.0 Å². The second-order valence-corrected chi connectivity index (χ2v) is 7.50. The van der Waals surface area contributed by atoms with Crippen molar-refractivity contribution >= 4 is 28.5 Å². The molecular weight excluding hydrogens is 292 g/mol. The summed E-state index contributed by atoms with van der Waals surface area (Å²) in [6.07, 6.45) is 1.33. The van der Waals surface area contributed by atoms with Crippen LogP contribution in [0.3, 0.4) is 0 Å². The first kappa shape index (κ1) is 15.8. The van der Waals surface area contributed by atoms with Crippen LogP contribution in [0.15, 0.2) is 0 Å². The highest BCUT2D eigenvalue weighted by atomic mass is 32.1. The van der Waals surface area contributed by atoms with Crippen LogP contribution in [0.2, 0.25) is 0 Å². The van der Waals surface area contributed by atoms with Gasteiger partial charge in [-0.15, -0.1) is 11.3 Å². The Morgan fingerprint density at radius 2 is 2.05 bits per heavy atom. The van der Waals surface area contributed by atoms with Crippen LogP contribution < -0.4 is 5.32 Å². The number of carboxylic acid groups (broad SMARTS) is 1. The fourth-order valence-electron chi connectivity index (χ4n) is 1.96. The summed E-state index contributed by atoms with van der Waals surface area (Å²) < 4.78 is 5.16. The minimum Gasteiger partial charge on any atom is -0.481 e. The molecule has 0 atom stereocenters. The lowest BCUT2D eigenvalue weighted by atomic mass is 10.0. The van der Waals surface area contributed by atoms with Gasteiger partial charge in [-0.3, -0.25) is 10.1 Å². The maximum atomic E-state index is 11.7. The second kappa shape index (κ2) is 5.29. The van der Waals surface area contributed by atoms with Crippen molar-refractivity contribution in [3.63, 3.8) is 0 Å². The predicted octanol–water partition coefficient (Wildman–Crippen LogP) is 3.21. The fraction of sp³-hybridized carbons (Fsp3) is 0.643. The number of carbonyl (C=O) groups is 2. The summed E-state index contributed by atoms with van der Waals surface area (Å²) in [6, 6.07) is 0. The Hall–Kier alpha value is -1.63. The summed E-state index contributed by atoms with van der Waals surface area (Å²) in [4.78, 5) is 28.1. The number of aliphatic carboxylic acids is 1. The van der Waals surface area contributed by atoms with E-state index in [0.717, 1.165) is 10.6 Å². The topological polar surface area (TPSA) is 88.5 Å². The number of thiazole rings is 1. The second-order valence-electron chi connectivity index (χ2n) is 6.42. The maximum Gasteiger partial charge on any atom is 0.413 e. The zero-order chi connectivity index (χ0) is 15.8. The molecule has 0 aliphatic heterocycles. The molecular formula is C14H20N2O4S. The van der Waals surface area contributed by atoms with Gasteiger partial charge in [-0.1, -0.05) is 0 Å². The quantitative estimate of drug-likeness (QED) is 0.891. The molecule has 0 aromatic carbocycles. The molecule has 1 amide bonds. The van der Waals surface area contributed by atoms with Crippen molar-refractivity contribution in [3.05, 3.63) is 10.6 Å². The third-order valence-electron chi connectivity index (χ3n) is 3.31. The molecule has 1 aromatic rings. The van der Waals surface area contributed by atoms with Crippen molar-refractivity contribution in [2.75, 3.05) is 5.32 Å². The monoisotopic (exact) mass is 312 g/mol. The summed E-state index contributed by atoms with van der Waals surface area (Å²) in [5.74, 6) is -0.753. The molecule has 1 aliphatic rings. The summed E-state index contributed by atoms with van der Waals surface area (Å²) in [5.41, 5.74) is -0.431. The molecule has 7 heteroatoms. The van der Waals surface area contributed by atoms with Gasteiger partial charge in [0, 0.05) is 4.88 Å². The van der Waals surface area contributed by atoms with Crippen LogP contribution in [0, 0.1) is 12.3 Å². The van der Waals surface area contributed by atoms with Gasteiger partial charge in [0.25, 0.3) is 0 Å². The van der Waals surface area contributed by atoms with E-state index in [9.17, 15) is 14.7 Å². The Bertz CT molecular complexity index is 570. The van der Waals surface area contributed by atoms with Crippen molar-refractivity contribution in [1.82, 2.24) is 4.98 Å². The van der Waals surface area contributed by atoms with Gasteiger partial charge in [0.15, 0.2) is 5.13 Å². The normalized spacial score (nSPS) is 16.4. The Kier molecular flexibility index (Phi) is 3.97. The average molecular weight is 312 g/mol. The molecule has 21 heavy (non-hydrogen) atoms. The van der Waals surface area contributed by atoms with Crippen LogP contribution in [0.25, 0.3) is 0 Å². The average Bonchev–Trinajstić information content (AvgIpc) is 2.98. The number of hydrogen-bond donors (Lipinski definition) is 2. The molecule has 1 fully saturated rings. The highest BCUT2D eigenvalue weighted by Crippen LogP contribution is 2.49. The van der Waals surface area contributed by atoms with E-state index < -0.39 is 23.1 Å². The van der Waals surface area contributed by atoms with Gasteiger partial charge >= 0.3 is 12.1 Å². The van der Waals surface area contributed by atoms with Gasteiger partial charge in [0.05, 0.1) is 11.1 Å². The van der Waals surface area contributed by atoms with Crippen LogP contribution in [0.4, 0.5) is 9.93 Å². The van der Waals surface area contributed by atoms with Gasteiger partial charge in [-0.2, -0.15) is 0 Å². The van der Waals surface area contributed by atoms with Crippen molar-refractivity contribution in [2.45, 2.75) is 52.6 Å². The van der Waals surface area contributed by atoms with Crippen molar-refractivity contribution in [2.24, 2.45) is 5.41 Å². The number of nitrogens with one attached hydrogen (secondary N) is 1. The lowest BCUT2D eigenvalue weighted by molar-refractivity contribution is -0.143. The molecule has 1 heterocycles. The molecule has 0 radical (unpaired) electrons. The molecule has 6 nitrogen and oxygen atoms in total. The number of carboxylic acids is 1. The first-order chi connectivity index (χ1) is 9.61. The molecule has 1 aliphatic carbocycles. The molecule has 116 valence electrons. The minimum atomic E-state index is -0.753. The zero-order valence-corrected chi connectivity index (χ0v) is 13.5. The van der Waals surface area contributed by atoms with E-state index in [1.165, 1.54) is 11.3 Å². The largest absolute Gasteiger partial charge is 0.481 e. The summed E-state index contributed by atoms with van der Waals surface area (Å²) in [7, 11) is 0. The van der Waals surface area contributed by atoms with Crippen molar-refractivity contribution in [1.29, 1.82) is 0 Å². The Morgan fingerprint density at radius 3 is 2.52 bits per heavy atom. The van der Waals surface area contributed by atoms with Crippen molar-refractivity contribution < 1.29 is 19.4 Å². The van der Waals surface area contributed by atoms with E-state index in [1.807, 2.05) is 6.92 Å². The highest BCUT2D eigenvalue weighted by molar-refractivity contribution is 7.15. The third-order valence-corrected chi connectivity index (χ3v) is 4.38. The minimum absolute atomic E-state index is 0.443.